The molecule has 0 unspecified atom stereocenters. The van der Waals surface area contributed by atoms with Crippen molar-refractivity contribution in [3.8, 4) is 17.0 Å². The third kappa shape index (κ3) is 4.23. The molecule has 3 aromatic rings. The van der Waals surface area contributed by atoms with Crippen molar-refractivity contribution in [1.29, 1.82) is 0 Å². The third-order valence-electron chi connectivity index (χ3n) is 4.46. The topological polar surface area (TPSA) is 73.2 Å². The molecule has 0 spiro atoms. The fraction of sp³-hybridized carbons (Fsp3) is 0.190. The number of ether oxygens (including phenoxy) is 1. The Morgan fingerprint density at radius 1 is 1.15 bits per heavy atom. The van der Waals surface area contributed by atoms with Crippen molar-refractivity contribution >= 4 is 11.6 Å². The summed E-state index contributed by atoms with van der Waals surface area (Å²) in [6, 6.07) is 14.4. The number of benzene rings is 2. The molecule has 1 heterocycles. The van der Waals surface area contributed by atoms with E-state index >= 15 is 0 Å². The Kier molecular flexibility index (Phi) is 5.35. The van der Waals surface area contributed by atoms with Crippen LogP contribution in [0.2, 0.25) is 0 Å². The van der Waals surface area contributed by atoms with E-state index in [9.17, 15) is 9.59 Å². The number of aromatic nitrogens is 2. The summed E-state index contributed by atoms with van der Waals surface area (Å²) in [5, 5.41) is 2.85. The van der Waals surface area contributed by atoms with Crippen molar-refractivity contribution in [1.82, 2.24) is 9.55 Å². The largest absolute Gasteiger partial charge is 0.497 e. The molecule has 1 amide bonds. The van der Waals surface area contributed by atoms with Gasteiger partial charge in [-0.05, 0) is 55.3 Å². The number of carbonyl (C=O) groups excluding carboxylic acids is 1. The summed E-state index contributed by atoms with van der Waals surface area (Å²) in [7, 11) is 1.59. The molecule has 1 N–H and O–H groups in total. The predicted octanol–water partition coefficient (Wildman–Crippen LogP) is 3.17. The summed E-state index contributed by atoms with van der Waals surface area (Å²) < 4.78 is 6.41. The van der Waals surface area contributed by atoms with Crippen LogP contribution in [0, 0.1) is 13.8 Å². The van der Waals surface area contributed by atoms with Crippen molar-refractivity contribution in [2.24, 2.45) is 0 Å². The smallest absolute Gasteiger partial charge is 0.254 e. The van der Waals surface area contributed by atoms with E-state index in [-0.39, 0.29) is 18.0 Å². The lowest BCUT2D eigenvalue weighted by atomic mass is 10.1. The minimum absolute atomic E-state index is 0.0951. The lowest BCUT2D eigenvalue weighted by Crippen LogP contribution is -2.27. The number of nitrogens with one attached hydrogen (secondary N) is 1. The molecule has 0 saturated heterocycles. The molecule has 0 fully saturated rings. The summed E-state index contributed by atoms with van der Waals surface area (Å²) in [4.78, 5) is 29.0. The number of aryl methyl sites for hydroxylation is 1. The lowest BCUT2D eigenvalue weighted by Gasteiger charge is -2.11. The van der Waals surface area contributed by atoms with Gasteiger partial charge in [0.1, 0.15) is 12.3 Å². The molecule has 0 aliphatic heterocycles. The first-order valence-electron chi connectivity index (χ1n) is 8.55. The van der Waals surface area contributed by atoms with Crippen LogP contribution in [0.5, 0.6) is 5.75 Å². The van der Waals surface area contributed by atoms with Crippen LogP contribution in [0.3, 0.4) is 0 Å². The molecule has 0 aliphatic carbocycles. The number of rotatable bonds is 5. The second-order valence-electron chi connectivity index (χ2n) is 6.26. The molecular formula is C21H21N3O3. The van der Waals surface area contributed by atoms with Gasteiger partial charge in [0, 0.05) is 17.3 Å². The number of carbonyl (C=O) groups is 1. The van der Waals surface area contributed by atoms with E-state index in [0.717, 1.165) is 28.1 Å². The first-order chi connectivity index (χ1) is 13.0. The van der Waals surface area contributed by atoms with Gasteiger partial charge in [-0.3, -0.25) is 14.2 Å². The van der Waals surface area contributed by atoms with Gasteiger partial charge in [0.15, 0.2) is 0 Å². The Balaban J connectivity index is 1.74. The maximum absolute atomic E-state index is 12.4. The van der Waals surface area contributed by atoms with Crippen LogP contribution in [0.15, 0.2) is 59.7 Å². The van der Waals surface area contributed by atoms with Gasteiger partial charge >= 0.3 is 0 Å². The van der Waals surface area contributed by atoms with Crippen molar-refractivity contribution in [2.45, 2.75) is 20.4 Å². The summed E-state index contributed by atoms with van der Waals surface area (Å²) in [5.41, 5.74) is 3.91. The number of nitrogens with zero attached hydrogens (tertiary/aromatic N) is 2. The zero-order valence-electron chi connectivity index (χ0n) is 15.5. The zero-order valence-corrected chi connectivity index (χ0v) is 15.5. The molecule has 3 rings (SSSR count). The highest BCUT2D eigenvalue weighted by molar-refractivity contribution is 5.91. The molecule has 0 saturated carbocycles. The molecule has 138 valence electrons. The van der Waals surface area contributed by atoms with E-state index in [1.807, 2.05) is 44.2 Å². The van der Waals surface area contributed by atoms with Crippen LogP contribution in [-0.4, -0.2) is 22.6 Å². The molecular weight excluding hydrogens is 342 g/mol. The van der Waals surface area contributed by atoms with Crippen molar-refractivity contribution in [2.75, 3.05) is 12.4 Å². The molecule has 0 bridgehead atoms. The van der Waals surface area contributed by atoms with E-state index < -0.39 is 0 Å². The van der Waals surface area contributed by atoms with Crippen molar-refractivity contribution < 1.29 is 9.53 Å². The summed E-state index contributed by atoms with van der Waals surface area (Å²) >= 11 is 0. The van der Waals surface area contributed by atoms with Gasteiger partial charge in [-0.2, -0.15) is 0 Å². The Hall–Kier alpha value is -3.41. The van der Waals surface area contributed by atoms with Gasteiger partial charge in [0.2, 0.25) is 5.91 Å². The van der Waals surface area contributed by atoms with Crippen molar-refractivity contribution in [3.05, 3.63) is 76.3 Å². The standard InChI is InChI=1S/C21H21N3O3/c1-14-5-4-6-18(15(14)2)23-20(25)12-24-13-22-19(11-21(24)26)16-7-9-17(27-3)10-8-16/h4-11,13H,12H2,1-3H3,(H,23,25). The van der Waals surface area contributed by atoms with E-state index in [4.69, 9.17) is 4.74 Å². The molecule has 2 aromatic carbocycles. The maximum atomic E-state index is 12.4. The monoisotopic (exact) mass is 363 g/mol. The average molecular weight is 363 g/mol. The summed E-state index contributed by atoms with van der Waals surface area (Å²) in [6.07, 6.45) is 1.39. The quantitative estimate of drug-likeness (QED) is 0.756. The molecule has 6 nitrogen and oxygen atoms in total. The normalized spacial score (nSPS) is 10.5. The second kappa shape index (κ2) is 7.86. The number of amides is 1. The Labute approximate surface area is 157 Å². The molecule has 0 aliphatic rings. The second-order valence-corrected chi connectivity index (χ2v) is 6.26. The summed E-state index contributed by atoms with van der Waals surface area (Å²) in [6.45, 7) is 3.84. The van der Waals surface area contributed by atoms with Gasteiger partial charge in [-0.25, -0.2) is 4.98 Å². The van der Waals surface area contributed by atoms with Crippen LogP contribution in [0.4, 0.5) is 5.69 Å². The van der Waals surface area contributed by atoms with Gasteiger partial charge in [-0.1, -0.05) is 12.1 Å². The molecule has 27 heavy (non-hydrogen) atoms. The molecule has 0 radical (unpaired) electrons. The minimum Gasteiger partial charge on any atom is -0.497 e. The van der Waals surface area contributed by atoms with Gasteiger partial charge in [0.25, 0.3) is 5.56 Å². The van der Waals surface area contributed by atoms with Crippen LogP contribution >= 0.6 is 0 Å². The fourth-order valence-electron chi connectivity index (χ4n) is 2.70. The highest BCUT2D eigenvalue weighted by atomic mass is 16.5. The number of hydrogen-bond donors (Lipinski definition) is 1. The fourth-order valence-corrected chi connectivity index (χ4v) is 2.70. The van der Waals surface area contributed by atoms with Gasteiger partial charge < -0.3 is 10.1 Å². The van der Waals surface area contributed by atoms with Crippen molar-refractivity contribution in [3.63, 3.8) is 0 Å². The molecule has 0 atom stereocenters. The lowest BCUT2D eigenvalue weighted by molar-refractivity contribution is -0.116. The van der Waals surface area contributed by atoms with Crippen LogP contribution in [0.1, 0.15) is 11.1 Å². The minimum atomic E-state index is -0.285. The number of hydrogen-bond acceptors (Lipinski definition) is 4. The SMILES string of the molecule is COc1ccc(-c2cc(=O)n(CC(=O)Nc3cccc(C)c3C)cn2)cc1. The van der Waals surface area contributed by atoms with Crippen LogP contribution < -0.4 is 15.6 Å². The van der Waals surface area contributed by atoms with Gasteiger partial charge in [0.05, 0.1) is 19.1 Å². The number of anilines is 1. The first kappa shape index (κ1) is 18.4. The van der Waals surface area contributed by atoms with Crippen LogP contribution in [-0.2, 0) is 11.3 Å². The highest BCUT2D eigenvalue weighted by Crippen LogP contribution is 2.19. The predicted molar refractivity (Wildman–Crippen MR) is 105 cm³/mol. The zero-order chi connectivity index (χ0) is 19.4. The number of methoxy groups -OCH3 is 1. The summed E-state index contributed by atoms with van der Waals surface area (Å²) in [5.74, 6) is 0.458. The van der Waals surface area contributed by atoms with E-state index in [1.54, 1.807) is 19.2 Å². The molecule has 1 aromatic heterocycles. The van der Waals surface area contributed by atoms with E-state index in [0.29, 0.717) is 5.69 Å². The van der Waals surface area contributed by atoms with Crippen LogP contribution in [0.25, 0.3) is 11.3 Å². The van der Waals surface area contributed by atoms with Gasteiger partial charge in [-0.15, -0.1) is 0 Å². The first-order valence-corrected chi connectivity index (χ1v) is 8.55. The molecule has 6 heteroatoms. The Morgan fingerprint density at radius 2 is 1.89 bits per heavy atom. The maximum Gasteiger partial charge on any atom is 0.254 e. The third-order valence-corrected chi connectivity index (χ3v) is 4.46. The Bertz CT molecular complexity index is 1020. The van der Waals surface area contributed by atoms with E-state index in [1.165, 1.54) is 17.0 Å². The highest BCUT2D eigenvalue weighted by Gasteiger charge is 2.09. The van der Waals surface area contributed by atoms with E-state index in [2.05, 4.69) is 10.3 Å². The average Bonchev–Trinajstić information content (AvgIpc) is 2.67. The Morgan fingerprint density at radius 3 is 2.56 bits per heavy atom.